The summed E-state index contributed by atoms with van der Waals surface area (Å²) in [5.74, 6) is 1.50. The van der Waals surface area contributed by atoms with Crippen molar-refractivity contribution in [3.63, 3.8) is 0 Å². The minimum Gasteiger partial charge on any atom is -0.496 e. The molecule has 0 aliphatic carbocycles. The summed E-state index contributed by atoms with van der Waals surface area (Å²) >= 11 is 0. The van der Waals surface area contributed by atoms with E-state index in [1.807, 2.05) is 0 Å². The third-order valence-electron chi connectivity index (χ3n) is 3.85. The van der Waals surface area contributed by atoms with Crippen LogP contribution in [0.1, 0.15) is 35.6 Å². The van der Waals surface area contributed by atoms with Crippen LogP contribution in [0.4, 0.5) is 0 Å². The second-order valence-corrected chi connectivity index (χ2v) is 5.16. The van der Waals surface area contributed by atoms with Gasteiger partial charge in [-0.05, 0) is 49.3 Å². The molecule has 3 heteroatoms. The highest BCUT2D eigenvalue weighted by molar-refractivity contribution is 5.44. The van der Waals surface area contributed by atoms with Gasteiger partial charge >= 0.3 is 0 Å². The summed E-state index contributed by atoms with van der Waals surface area (Å²) < 4.78 is 10.8. The first-order valence-corrected chi connectivity index (χ1v) is 6.62. The predicted molar refractivity (Wildman–Crippen MR) is 72.9 cm³/mol. The fourth-order valence-corrected chi connectivity index (χ4v) is 2.85. The second kappa shape index (κ2) is 5.72. The lowest BCUT2D eigenvalue weighted by Gasteiger charge is -2.28. The molecule has 0 radical (unpaired) electrons. The van der Waals surface area contributed by atoms with Crippen molar-refractivity contribution in [2.24, 2.45) is 11.7 Å². The van der Waals surface area contributed by atoms with E-state index >= 15 is 0 Å². The SMILES string of the molecule is COc1c(C)cc(C(N)C2CCOCC2)cc1C. The van der Waals surface area contributed by atoms with E-state index in [0.29, 0.717) is 5.92 Å². The summed E-state index contributed by atoms with van der Waals surface area (Å²) in [7, 11) is 1.72. The normalized spacial score (nSPS) is 18.7. The van der Waals surface area contributed by atoms with E-state index in [2.05, 4.69) is 26.0 Å². The van der Waals surface area contributed by atoms with Gasteiger partial charge in [-0.2, -0.15) is 0 Å². The Morgan fingerprint density at radius 1 is 1.22 bits per heavy atom. The van der Waals surface area contributed by atoms with Crippen molar-refractivity contribution in [2.75, 3.05) is 20.3 Å². The van der Waals surface area contributed by atoms with Gasteiger partial charge in [0.2, 0.25) is 0 Å². The number of hydrogen-bond acceptors (Lipinski definition) is 3. The van der Waals surface area contributed by atoms with Crippen LogP contribution in [0.25, 0.3) is 0 Å². The highest BCUT2D eigenvalue weighted by Gasteiger charge is 2.23. The van der Waals surface area contributed by atoms with E-state index in [9.17, 15) is 0 Å². The van der Waals surface area contributed by atoms with Crippen molar-refractivity contribution < 1.29 is 9.47 Å². The van der Waals surface area contributed by atoms with E-state index in [4.69, 9.17) is 15.2 Å². The van der Waals surface area contributed by atoms with Crippen LogP contribution in [0.3, 0.4) is 0 Å². The topological polar surface area (TPSA) is 44.5 Å². The highest BCUT2D eigenvalue weighted by atomic mass is 16.5. The van der Waals surface area contributed by atoms with Crippen LogP contribution in [-0.2, 0) is 4.74 Å². The molecule has 3 nitrogen and oxygen atoms in total. The van der Waals surface area contributed by atoms with Gasteiger partial charge in [-0.3, -0.25) is 0 Å². The Morgan fingerprint density at radius 2 is 1.78 bits per heavy atom. The first-order chi connectivity index (χ1) is 8.63. The summed E-state index contributed by atoms with van der Waals surface area (Å²) in [5, 5.41) is 0. The Morgan fingerprint density at radius 3 is 2.28 bits per heavy atom. The molecule has 0 aromatic heterocycles. The standard InChI is InChI=1S/C15H23NO2/c1-10-8-13(9-11(2)15(10)17-3)14(16)12-4-6-18-7-5-12/h8-9,12,14H,4-7,16H2,1-3H3. The summed E-state index contributed by atoms with van der Waals surface area (Å²) in [4.78, 5) is 0. The van der Waals surface area contributed by atoms with Gasteiger partial charge in [-0.15, -0.1) is 0 Å². The Balaban J connectivity index is 2.22. The number of nitrogens with two attached hydrogens (primary N) is 1. The fraction of sp³-hybridized carbons (Fsp3) is 0.600. The van der Waals surface area contributed by atoms with E-state index in [0.717, 1.165) is 42.9 Å². The highest BCUT2D eigenvalue weighted by Crippen LogP contribution is 2.32. The monoisotopic (exact) mass is 249 g/mol. The molecule has 1 aliphatic heterocycles. The molecule has 0 bridgehead atoms. The van der Waals surface area contributed by atoms with Gasteiger partial charge in [-0.25, -0.2) is 0 Å². The molecule has 2 N–H and O–H groups in total. The molecule has 0 spiro atoms. The summed E-state index contributed by atoms with van der Waals surface area (Å²) in [6.07, 6.45) is 2.12. The van der Waals surface area contributed by atoms with Crippen LogP contribution < -0.4 is 10.5 Å². The first kappa shape index (κ1) is 13.4. The maximum Gasteiger partial charge on any atom is 0.124 e. The van der Waals surface area contributed by atoms with Gasteiger partial charge in [0, 0.05) is 19.3 Å². The minimum absolute atomic E-state index is 0.109. The molecule has 2 rings (SSSR count). The molecular formula is C15H23NO2. The number of methoxy groups -OCH3 is 1. The number of rotatable bonds is 3. The van der Waals surface area contributed by atoms with Gasteiger partial charge in [0.1, 0.15) is 5.75 Å². The maximum absolute atomic E-state index is 6.40. The lowest BCUT2D eigenvalue weighted by molar-refractivity contribution is 0.0583. The van der Waals surface area contributed by atoms with E-state index < -0.39 is 0 Å². The first-order valence-electron chi connectivity index (χ1n) is 6.62. The van der Waals surface area contributed by atoms with Crippen molar-refractivity contribution >= 4 is 0 Å². The summed E-state index contributed by atoms with van der Waals surface area (Å²) in [6, 6.07) is 4.43. The van der Waals surface area contributed by atoms with Crippen LogP contribution >= 0.6 is 0 Å². The van der Waals surface area contributed by atoms with E-state index in [1.54, 1.807) is 7.11 Å². The van der Waals surface area contributed by atoms with Crippen LogP contribution in [0.15, 0.2) is 12.1 Å². The van der Waals surface area contributed by atoms with Crippen molar-refractivity contribution in [3.05, 3.63) is 28.8 Å². The van der Waals surface area contributed by atoms with Crippen molar-refractivity contribution in [1.29, 1.82) is 0 Å². The van der Waals surface area contributed by atoms with Gasteiger partial charge < -0.3 is 15.2 Å². The Labute approximate surface area is 109 Å². The molecule has 1 heterocycles. The quantitative estimate of drug-likeness (QED) is 0.895. The predicted octanol–water partition coefficient (Wildman–Crippen LogP) is 2.74. The molecule has 1 aliphatic rings. The molecule has 1 saturated heterocycles. The lowest BCUT2D eigenvalue weighted by Crippen LogP contribution is -2.27. The number of benzene rings is 1. The average Bonchev–Trinajstić information content (AvgIpc) is 2.38. The van der Waals surface area contributed by atoms with Gasteiger partial charge in [0.05, 0.1) is 7.11 Å². The number of aryl methyl sites for hydroxylation is 2. The zero-order valence-electron chi connectivity index (χ0n) is 11.5. The Hall–Kier alpha value is -1.06. The summed E-state index contributed by atoms with van der Waals surface area (Å²) in [6.45, 7) is 5.83. The van der Waals surface area contributed by atoms with Crippen LogP contribution in [0, 0.1) is 19.8 Å². The smallest absolute Gasteiger partial charge is 0.124 e. The van der Waals surface area contributed by atoms with Crippen LogP contribution in [-0.4, -0.2) is 20.3 Å². The molecule has 0 amide bonds. The number of ether oxygens (including phenoxy) is 2. The van der Waals surface area contributed by atoms with E-state index in [1.165, 1.54) is 5.56 Å². The van der Waals surface area contributed by atoms with Gasteiger partial charge in [-0.1, -0.05) is 12.1 Å². The zero-order chi connectivity index (χ0) is 13.1. The molecule has 1 atom stereocenters. The molecule has 1 fully saturated rings. The largest absolute Gasteiger partial charge is 0.496 e. The molecule has 18 heavy (non-hydrogen) atoms. The summed E-state index contributed by atoms with van der Waals surface area (Å²) in [5.41, 5.74) is 9.95. The third-order valence-corrected chi connectivity index (χ3v) is 3.85. The van der Waals surface area contributed by atoms with E-state index in [-0.39, 0.29) is 6.04 Å². The molecule has 0 saturated carbocycles. The molecular weight excluding hydrogens is 226 g/mol. The van der Waals surface area contributed by atoms with Crippen LogP contribution in [0.2, 0.25) is 0 Å². The average molecular weight is 249 g/mol. The van der Waals surface area contributed by atoms with Gasteiger partial charge in [0.15, 0.2) is 0 Å². The lowest BCUT2D eigenvalue weighted by atomic mass is 9.86. The maximum atomic E-state index is 6.40. The fourth-order valence-electron chi connectivity index (χ4n) is 2.85. The molecule has 100 valence electrons. The molecule has 1 unspecified atom stereocenters. The Bertz CT molecular complexity index is 388. The second-order valence-electron chi connectivity index (χ2n) is 5.16. The van der Waals surface area contributed by atoms with Gasteiger partial charge in [0.25, 0.3) is 0 Å². The molecule has 1 aromatic rings. The van der Waals surface area contributed by atoms with Crippen LogP contribution in [0.5, 0.6) is 5.75 Å². The van der Waals surface area contributed by atoms with Crippen molar-refractivity contribution in [2.45, 2.75) is 32.7 Å². The minimum atomic E-state index is 0.109. The zero-order valence-corrected chi connectivity index (χ0v) is 11.5. The molecule has 1 aromatic carbocycles. The number of hydrogen-bond donors (Lipinski definition) is 1. The van der Waals surface area contributed by atoms with Crippen molar-refractivity contribution in [3.8, 4) is 5.75 Å². The third kappa shape index (κ3) is 2.68. The Kier molecular flexibility index (Phi) is 4.25. The van der Waals surface area contributed by atoms with Crippen molar-refractivity contribution in [1.82, 2.24) is 0 Å².